The summed E-state index contributed by atoms with van der Waals surface area (Å²) in [5, 5.41) is 0. The van der Waals surface area contributed by atoms with Gasteiger partial charge in [0.15, 0.2) is 0 Å². The van der Waals surface area contributed by atoms with Gasteiger partial charge in [0.25, 0.3) is 0 Å². The number of hydrogen-bond acceptors (Lipinski definition) is 2. The Morgan fingerprint density at radius 3 is 2.61 bits per heavy atom. The van der Waals surface area contributed by atoms with E-state index in [-0.39, 0.29) is 11.3 Å². The molecular formula is C15H21NO2. The zero-order valence-electron chi connectivity index (χ0n) is 11.8. The van der Waals surface area contributed by atoms with Crippen molar-refractivity contribution < 1.29 is 9.53 Å². The zero-order chi connectivity index (χ0) is 13.5. The lowest BCUT2D eigenvalue weighted by Gasteiger charge is -2.39. The number of amides is 1. The molecule has 0 unspecified atom stereocenters. The van der Waals surface area contributed by atoms with Gasteiger partial charge in [-0.2, -0.15) is 0 Å². The van der Waals surface area contributed by atoms with E-state index in [0.717, 1.165) is 30.0 Å². The third kappa shape index (κ3) is 1.98. The van der Waals surface area contributed by atoms with Gasteiger partial charge in [-0.15, -0.1) is 0 Å². The van der Waals surface area contributed by atoms with Crippen LogP contribution in [0.5, 0.6) is 5.75 Å². The highest BCUT2D eigenvalue weighted by atomic mass is 16.5. The molecule has 0 bridgehead atoms. The summed E-state index contributed by atoms with van der Waals surface area (Å²) in [5.41, 5.74) is 3.39. The molecule has 0 aromatic heterocycles. The summed E-state index contributed by atoms with van der Waals surface area (Å²) in [6.45, 7) is 8.87. The molecule has 98 valence electrons. The van der Waals surface area contributed by atoms with Crippen molar-refractivity contribution in [2.45, 2.75) is 39.5 Å². The number of aryl methyl sites for hydroxylation is 1. The van der Waals surface area contributed by atoms with Crippen LogP contribution in [0, 0.1) is 6.92 Å². The number of benzene rings is 1. The highest BCUT2D eigenvalue weighted by Gasteiger charge is 2.33. The van der Waals surface area contributed by atoms with E-state index in [2.05, 4.69) is 26.0 Å². The van der Waals surface area contributed by atoms with E-state index < -0.39 is 0 Å². The normalized spacial score (nSPS) is 17.3. The molecule has 1 aromatic rings. The molecule has 18 heavy (non-hydrogen) atoms. The first-order valence-electron chi connectivity index (χ1n) is 6.34. The van der Waals surface area contributed by atoms with Crippen LogP contribution in [-0.4, -0.2) is 19.6 Å². The van der Waals surface area contributed by atoms with Gasteiger partial charge in [-0.1, -0.05) is 13.8 Å². The molecular weight excluding hydrogens is 226 g/mol. The Kier molecular flexibility index (Phi) is 3.09. The molecule has 2 rings (SSSR count). The molecule has 0 atom stereocenters. The van der Waals surface area contributed by atoms with Crippen LogP contribution in [0.1, 0.15) is 38.3 Å². The maximum absolute atomic E-state index is 11.7. The second-order valence-electron chi connectivity index (χ2n) is 5.64. The molecule has 0 radical (unpaired) electrons. The van der Waals surface area contributed by atoms with E-state index in [9.17, 15) is 4.79 Å². The summed E-state index contributed by atoms with van der Waals surface area (Å²) in [6.07, 6.45) is 0.978. The van der Waals surface area contributed by atoms with Crippen molar-refractivity contribution in [2.24, 2.45) is 0 Å². The Morgan fingerprint density at radius 1 is 1.39 bits per heavy atom. The number of carbonyl (C=O) groups is 1. The van der Waals surface area contributed by atoms with Crippen LogP contribution in [0.15, 0.2) is 12.1 Å². The Hall–Kier alpha value is -1.51. The third-order valence-corrected chi connectivity index (χ3v) is 3.87. The van der Waals surface area contributed by atoms with Crippen molar-refractivity contribution in [2.75, 3.05) is 18.6 Å². The molecule has 1 aliphatic rings. The summed E-state index contributed by atoms with van der Waals surface area (Å²) < 4.78 is 5.40. The quantitative estimate of drug-likeness (QED) is 0.763. The molecule has 1 amide bonds. The number of methoxy groups -OCH3 is 1. The first-order chi connectivity index (χ1) is 8.36. The molecule has 3 nitrogen and oxygen atoms in total. The van der Waals surface area contributed by atoms with Gasteiger partial charge in [0.1, 0.15) is 5.75 Å². The Bertz CT molecular complexity index is 492. The standard InChI is InChI=1S/C15H21NO2/c1-10-8-13-12(9-14(10)18-5)15(3,4)6-7-16(13)11(2)17/h8-9H,6-7H2,1-5H3. The van der Waals surface area contributed by atoms with Crippen molar-refractivity contribution in [3.63, 3.8) is 0 Å². The number of ether oxygens (including phenoxy) is 1. The minimum atomic E-state index is 0.0856. The summed E-state index contributed by atoms with van der Waals surface area (Å²) in [7, 11) is 1.69. The number of nitrogens with zero attached hydrogens (tertiary/aromatic N) is 1. The van der Waals surface area contributed by atoms with Gasteiger partial charge in [-0.3, -0.25) is 4.79 Å². The van der Waals surface area contributed by atoms with E-state index in [0.29, 0.717) is 0 Å². The van der Waals surface area contributed by atoms with Gasteiger partial charge in [-0.25, -0.2) is 0 Å². The predicted molar refractivity (Wildman–Crippen MR) is 73.4 cm³/mol. The third-order valence-electron chi connectivity index (χ3n) is 3.87. The van der Waals surface area contributed by atoms with Crippen molar-refractivity contribution in [3.05, 3.63) is 23.3 Å². The van der Waals surface area contributed by atoms with E-state index in [1.54, 1.807) is 14.0 Å². The number of rotatable bonds is 1. The van der Waals surface area contributed by atoms with Crippen LogP contribution in [0.2, 0.25) is 0 Å². The second kappa shape index (κ2) is 4.30. The molecule has 0 spiro atoms. The first-order valence-corrected chi connectivity index (χ1v) is 6.34. The van der Waals surface area contributed by atoms with Gasteiger partial charge in [-0.05, 0) is 42.0 Å². The maximum Gasteiger partial charge on any atom is 0.223 e. The summed E-state index contributed by atoms with van der Waals surface area (Å²) in [6, 6.07) is 4.15. The minimum Gasteiger partial charge on any atom is -0.496 e. The average Bonchev–Trinajstić information content (AvgIpc) is 2.27. The molecule has 3 heteroatoms. The number of anilines is 1. The number of hydrogen-bond donors (Lipinski definition) is 0. The lowest BCUT2D eigenvalue weighted by atomic mass is 9.77. The molecule has 0 saturated heterocycles. The van der Waals surface area contributed by atoms with E-state index >= 15 is 0 Å². The highest BCUT2D eigenvalue weighted by Crippen LogP contribution is 2.42. The van der Waals surface area contributed by atoms with Crippen LogP contribution >= 0.6 is 0 Å². The molecule has 1 heterocycles. The van der Waals surface area contributed by atoms with Crippen LogP contribution in [-0.2, 0) is 10.2 Å². The largest absolute Gasteiger partial charge is 0.496 e. The minimum absolute atomic E-state index is 0.0856. The van der Waals surface area contributed by atoms with Gasteiger partial charge < -0.3 is 9.64 Å². The second-order valence-corrected chi connectivity index (χ2v) is 5.64. The van der Waals surface area contributed by atoms with Gasteiger partial charge in [0.05, 0.1) is 7.11 Å². The molecule has 0 N–H and O–H groups in total. The van der Waals surface area contributed by atoms with Crippen LogP contribution in [0.4, 0.5) is 5.69 Å². The van der Waals surface area contributed by atoms with Crippen LogP contribution in [0.3, 0.4) is 0 Å². The van der Waals surface area contributed by atoms with Crippen molar-refractivity contribution >= 4 is 11.6 Å². The Morgan fingerprint density at radius 2 is 2.06 bits per heavy atom. The molecule has 0 aliphatic carbocycles. The van der Waals surface area contributed by atoms with E-state index in [1.807, 2.05) is 11.8 Å². The summed E-state index contributed by atoms with van der Waals surface area (Å²) in [4.78, 5) is 13.6. The molecule has 0 fully saturated rings. The molecule has 1 aliphatic heterocycles. The smallest absolute Gasteiger partial charge is 0.223 e. The maximum atomic E-state index is 11.7. The lowest BCUT2D eigenvalue weighted by molar-refractivity contribution is -0.116. The predicted octanol–water partition coefficient (Wildman–Crippen LogP) is 3.04. The van der Waals surface area contributed by atoms with Gasteiger partial charge in [0, 0.05) is 19.2 Å². The van der Waals surface area contributed by atoms with Crippen LogP contribution < -0.4 is 9.64 Å². The lowest BCUT2D eigenvalue weighted by Crippen LogP contribution is -2.40. The fourth-order valence-electron chi connectivity index (χ4n) is 2.63. The van der Waals surface area contributed by atoms with Crippen molar-refractivity contribution in [1.29, 1.82) is 0 Å². The molecule has 0 saturated carbocycles. The summed E-state index contributed by atoms with van der Waals surface area (Å²) >= 11 is 0. The molecule has 1 aromatic carbocycles. The number of fused-ring (bicyclic) bond motifs is 1. The summed E-state index contributed by atoms with van der Waals surface area (Å²) in [5.74, 6) is 1.00. The van der Waals surface area contributed by atoms with Gasteiger partial charge >= 0.3 is 0 Å². The monoisotopic (exact) mass is 247 g/mol. The SMILES string of the molecule is COc1cc2c(cc1C)N(C(C)=O)CCC2(C)C. The Labute approximate surface area is 109 Å². The zero-order valence-corrected chi connectivity index (χ0v) is 11.8. The van der Waals surface area contributed by atoms with Crippen molar-refractivity contribution in [3.8, 4) is 5.75 Å². The van der Waals surface area contributed by atoms with Crippen molar-refractivity contribution in [1.82, 2.24) is 0 Å². The topological polar surface area (TPSA) is 29.5 Å². The fraction of sp³-hybridized carbons (Fsp3) is 0.533. The van der Waals surface area contributed by atoms with Crippen LogP contribution in [0.25, 0.3) is 0 Å². The van der Waals surface area contributed by atoms with Gasteiger partial charge in [0.2, 0.25) is 5.91 Å². The Balaban J connectivity index is 2.63. The average molecular weight is 247 g/mol. The van der Waals surface area contributed by atoms with E-state index in [1.165, 1.54) is 5.56 Å². The number of carbonyl (C=O) groups excluding carboxylic acids is 1. The highest BCUT2D eigenvalue weighted by molar-refractivity contribution is 5.93. The first kappa shape index (κ1) is 12.9. The fourth-order valence-corrected chi connectivity index (χ4v) is 2.63. The van der Waals surface area contributed by atoms with E-state index in [4.69, 9.17) is 4.74 Å².